The van der Waals surface area contributed by atoms with Gasteiger partial charge < -0.3 is 10.4 Å². The molecule has 0 spiro atoms. The fourth-order valence-electron chi connectivity index (χ4n) is 2.25. The standard InChI is InChI=1S/C12H17N3O2/c1-12(6-2-3-7-12)8-13-10-5-4-9(11(16)17)14-15-10/h4-5H,2-3,6-8H2,1H3,(H,13,15)(H,16,17). The van der Waals surface area contributed by atoms with Crippen molar-refractivity contribution in [1.82, 2.24) is 10.2 Å². The summed E-state index contributed by atoms with van der Waals surface area (Å²) in [7, 11) is 0. The Labute approximate surface area is 100 Å². The van der Waals surface area contributed by atoms with Crippen LogP contribution < -0.4 is 5.32 Å². The summed E-state index contributed by atoms with van der Waals surface area (Å²) in [5.41, 5.74) is 0.315. The number of hydrogen-bond acceptors (Lipinski definition) is 4. The number of carboxylic acid groups (broad SMARTS) is 1. The third kappa shape index (κ3) is 2.93. The zero-order valence-corrected chi connectivity index (χ0v) is 9.94. The van der Waals surface area contributed by atoms with Crippen molar-refractivity contribution in [2.24, 2.45) is 5.41 Å². The fraction of sp³-hybridized carbons (Fsp3) is 0.583. The van der Waals surface area contributed by atoms with Crippen molar-refractivity contribution in [1.29, 1.82) is 0 Å². The first kappa shape index (κ1) is 11.8. The van der Waals surface area contributed by atoms with Gasteiger partial charge in [-0.2, -0.15) is 0 Å². The molecule has 0 aromatic carbocycles. The fourth-order valence-corrected chi connectivity index (χ4v) is 2.25. The molecular weight excluding hydrogens is 218 g/mol. The molecular formula is C12H17N3O2. The van der Waals surface area contributed by atoms with Gasteiger partial charge in [0.15, 0.2) is 5.69 Å². The molecule has 1 fully saturated rings. The number of rotatable bonds is 4. The van der Waals surface area contributed by atoms with Crippen LogP contribution in [0.15, 0.2) is 12.1 Å². The minimum atomic E-state index is -1.05. The average molecular weight is 235 g/mol. The molecule has 1 heterocycles. The number of anilines is 1. The van der Waals surface area contributed by atoms with Crippen molar-refractivity contribution in [3.05, 3.63) is 17.8 Å². The monoisotopic (exact) mass is 235 g/mol. The maximum Gasteiger partial charge on any atom is 0.356 e. The summed E-state index contributed by atoms with van der Waals surface area (Å²) in [6.45, 7) is 3.14. The third-order valence-corrected chi connectivity index (χ3v) is 3.39. The summed E-state index contributed by atoms with van der Waals surface area (Å²) in [5, 5.41) is 19.4. The Bertz CT molecular complexity index is 397. The highest BCUT2D eigenvalue weighted by molar-refractivity contribution is 5.85. The molecule has 1 aliphatic carbocycles. The van der Waals surface area contributed by atoms with Gasteiger partial charge in [-0.1, -0.05) is 19.8 Å². The molecule has 1 aliphatic rings. The first-order valence-corrected chi connectivity index (χ1v) is 5.90. The Morgan fingerprint density at radius 3 is 2.65 bits per heavy atom. The zero-order valence-electron chi connectivity index (χ0n) is 9.94. The van der Waals surface area contributed by atoms with Crippen molar-refractivity contribution in [2.75, 3.05) is 11.9 Å². The zero-order chi connectivity index (χ0) is 12.3. The van der Waals surface area contributed by atoms with Gasteiger partial charge in [-0.05, 0) is 30.4 Å². The van der Waals surface area contributed by atoms with Gasteiger partial charge in [0.2, 0.25) is 0 Å². The molecule has 2 rings (SSSR count). The lowest BCUT2D eigenvalue weighted by Gasteiger charge is -2.23. The lowest BCUT2D eigenvalue weighted by Crippen LogP contribution is -2.23. The highest BCUT2D eigenvalue weighted by Crippen LogP contribution is 2.37. The van der Waals surface area contributed by atoms with Crippen LogP contribution in [0.5, 0.6) is 0 Å². The van der Waals surface area contributed by atoms with Crippen LogP contribution >= 0.6 is 0 Å². The smallest absolute Gasteiger partial charge is 0.356 e. The first-order chi connectivity index (χ1) is 8.09. The summed E-state index contributed by atoms with van der Waals surface area (Å²) in [4.78, 5) is 10.6. The largest absolute Gasteiger partial charge is 0.476 e. The van der Waals surface area contributed by atoms with E-state index < -0.39 is 5.97 Å². The van der Waals surface area contributed by atoms with Crippen LogP contribution in [0.25, 0.3) is 0 Å². The molecule has 1 aromatic rings. The van der Waals surface area contributed by atoms with Gasteiger partial charge in [-0.3, -0.25) is 0 Å². The Morgan fingerprint density at radius 2 is 2.12 bits per heavy atom. The summed E-state index contributed by atoms with van der Waals surface area (Å²) in [5.74, 6) is -0.407. The number of aromatic nitrogens is 2. The van der Waals surface area contributed by atoms with Crippen LogP contribution in [-0.2, 0) is 0 Å². The number of nitrogens with one attached hydrogen (secondary N) is 1. The Kier molecular flexibility index (Phi) is 3.26. The van der Waals surface area contributed by atoms with Gasteiger partial charge in [0.05, 0.1) is 0 Å². The summed E-state index contributed by atoms with van der Waals surface area (Å²) < 4.78 is 0. The van der Waals surface area contributed by atoms with Gasteiger partial charge in [0, 0.05) is 6.54 Å². The number of aromatic carboxylic acids is 1. The average Bonchev–Trinajstić information content (AvgIpc) is 2.75. The number of hydrogen-bond donors (Lipinski definition) is 2. The first-order valence-electron chi connectivity index (χ1n) is 5.90. The number of carbonyl (C=O) groups is 1. The highest BCUT2D eigenvalue weighted by atomic mass is 16.4. The lowest BCUT2D eigenvalue weighted by atomic mass is 9.89. The van der Waals surface area contributed by atoms with Gasteiger partial charge in [-0.25, -0.2) is 4.79 Å². The molecule has 5 nitrogen and oxygen atoms in total. The lowest BCUT2D eigenvalue weighted by molar-refractivity contribution is 0.0689. The van der Waals surface area contributed by atoms with Gasteiger partial charge in [-0.15, -0.1) is 10.2 Å². The summed E-state index contributed by atoms with van der Waals surface area (Å²) in [6.07, 6.45) is 5.06. The quantitative estimate of drug-likeness (QED) is 0.836. The van der Waals surface area contributed by atoms with Crippen LogP contribution in [0, 0.1) is 5.41 Å². The van der Waals surface area contributed by atoms with Crippen LogP contribution in [0.2, 0.25) is 0 Å². The third-order valence-electron chi connectivity index (χ3n) is 3.39. The van der Waals surface area contributed by atoms with Crippen molar-refractivity contribution >= 4 is 11.8 Å². The second-order valence-corrected chi connectivity index (χ2v) is 4.98. The molecule has 17 heavy (non-hydrogen) atoms. The molecule has 0 amide bonds. The summed E-state index contributed by atoms with van der Waals surface area (Å²) >= 11 is 0. The van der Waals surface area contributed by atoms with Crippen LogP contribution in [0.3, 0.4) is 0 Å². The summed E-state index contributed by atoms with van der Waals surface area (Å²) in [6, 6.07) is 3.13. The molecule has 92 valence electrons. The van der Waals surface area contributed by atoms with Crippen molar-refractivity contribution < 1.29 is 9.90 Å². The molecule has 0 saturated heterocycles. The highest BCUT2D eigenvalue weighted by Gasteiger charge is 2.28. The Balaban J connectivity index is 1.93. The van der Waals surface area contributed by atoms with Crippen LogP contribution in [0.4, 0.5) is 5.82 Å². The number of carboxylic acids is 1. The molecule has 0 radical (unpaired) electrons. The Morgan fingerprint density at radius 1 is 1.41 bits per heavy atom. The van der Waals surface area contributed by atoms with E-state index in [2.05, 4.69) is 22.4 Å². The second kappa shape index (κ2) is 4.69. The van der Waals surface area contributed by atoms with Crippen LogP contribution in [0.1, 0.15) is 43.1 Å². The maximum atomic E-state index is 10.6. The van der Waals surface area contributed by atoms with E-state index in [0.29, 0.717) is 11.2 Å². The van der Waals surface area contributed by atoms with E-state index in [9.17, 15) is 4.79 Å². The minimum absolute atomic E-state index is 0.0253. The van der Waals surface area contributed by atoms with Crippen molar-refractivity contribution in [3.8, 4) is 0 Å². The second-order valence-electron chi connectivity index (χ2n) is 4.98. The molecule has 1 saturated carbocycles. The maximum absolute atomic E-state index is 10.6. The van der Waals surface area contributed by atoms with E-state index in [-0.39, 0.29) is 5.69 Å². The van der Waals surface area contributed by atoms with E-state index in [1.807, 2.05) is 0 Å². The molecule has 2 N–H and O–H groups in total. The minimum Gasteiger partial charge on any atom is -0.476 e. The molecule has 0 aliphatic heterocycles. The van der Waals surface area contributed by atoms with Gasteiger partial charge >= 0.3 is 5.97 Å². The topological polar surface area (TPSA) is 75.1 Å². The van der Waals surface area contributed by atoms with Crippen molar-refractivity contribution in [3.63, 3.8) is 0 Å². The SMILES string of the molecule is CC1(CNc2ccc(C(=O)O)nn2)CCCC1. The predicted molar refractivity (Wildman–Crippen MR) is 64.1 cm³/mol. The van der Waals surface area contributed by atoms with Gasteiger partial charge in [0.1, 0.15) is 5.82 Å². The van der Waals surface area contributed by atoms with E-state index in [4.69, 9.17) is 5.11 Å². The molecule has 5 heteroatoms. The van der Waals surface area contributed by atoms with Gasteiger partial charge in [0.25, 0.3) is 0 Å². The van der Waals surface area contributed by atoms with E-state index in [0.717, 1.165) is 6.54 Å². The van der Waals surface area contributed by atoms with Crippen molar-refractivity contribution in [2.45, 2.75) is 32.6 Å². The Hall–Kier alpha value is -1.65. The molecule has 1 aromatic heterocycles. The van der Waals surface area contributed by atoms with Crippen LogP contribution in [-0.4, -0.2) is 27.8 Å². The molecule has 0 bridgehead atoms. The molecule has 0 unspecified atom stereocenters. The normalized spacial score (nSPS) is 17.9. The number of nitrogens with zero attached hydrogens (tertiary/aromatic N) is 2. The van der Waals surface area contributed by atoms with E-state index in [1.54, 1.807) is 6.07 Å². The van der Waals surface area contributed by atoms with E-state index >= 15 is 0 Å². The van der Waals surface area contributed by atoms with E-state index in [1.165, 1.54) is 31.7 Å². The predicted octanol–water partition coefficient (Wildman–Crippen LogP) is 2.17. The molecule has 0 atom stereocenters.